The quantitative estimate of drug-likeness (QED) is 0.755. The summed E-state index contributed by atoms with van der Waals surface area (Å²) in [5.74, 6) is 0.370. The third-order valence-corrected chi connectivity index (χ3v) is 4.11. The summed E-state index contributed by atoms with van der Waals surface area (Å²) in [6.45, 7) is 2.09. The summed E-state index contributed by atoms with van der Waals surface area (Å²) in [5, 5.41) is 0.736. The minimum Gasteiger partial charge on any atom is -0.299 e. The van der Waals surface area contributed by atoms with Gasteiger partial charge in [0, 0.05) is 11.4 Å². The van der Waals surface area contributed by atoms with Crippen LogP contribution in [-0.4, -0.2) is 5.78 Å². The number of halogens is 1. The van der Waals surface area contributed by atoms with Crippen LogP contribution in [0.1, 0.15) is 44.6 Å². The van der Waals surface area contributed by atoms with E-state index in [-0.39, 0.29) is 5.41 Å². The molecule has 1 nitrogen and oxygen atoms in total. The predicted molar refractivity (Wildman–Crippen MR) is 66.9 cm³/mol. The molecular weight excluding hydrogens is 220 g/mol. The summed E-state index contributed by atoms with van der Waals surface area (Å²) in [7, 11) is 0. The summed E-state index contributed by atoms with van der Waals surface area (Å²) >= 11 is 6.24. The Bertz CT molecular complexity index is 399. The highest BCUT2D eigenvalue weighted by Gasteiger charge is 2.40. The van der Waals surface area contributed by atoms with Crippen molar-refractivity contribution in [3.8, 4) is 0 Å². The van der Waals surface area contributed by atoms with Crippen LogP contribution in [0.5, 0.6) is 0 Å². The Morgan fingerprint density at radius 3 is 2.69 bits per heavy atom. The van der Waals surface area contributed by atoms with E-state index >= 15 is 0 Å². The molecule has 0 aromatic heterocycles. The fourth-order valence-corrected chi connectivity index (χ4v) is 3.11. The first-order chi connectivity index (χ1) is 7.70. The van der Waals surface area contributed by atoms with Crippen LogP contribution in [0.4, 0.5) is 0 Å². The number of carbonyl (C=O) groups excluding carboxylic acids is 1. The molecule has 86 valence electrons. The minimum atomic E-state index is -0.309. The van der Waals surface area contributed by atoms with Gasteiger partial charge in [0.05, 0.1) is 5.41 Å². The summed E-state index contributed by atoms with van der Waals surface area (Å²) < 4.78 is 0. The Morgan fingerprint density at radius 2 is 2.06 bits per heavy atom. The lowest BCUT2D eigenvalue weighted by molar-refractivity contribution is -0.126. The lowest BCUT2D eigenvalue weighted by atomic mass is 9.67. The highest BCUT2D eigenvalue weighted by molar-refractivity contribution is 6.31. The van der Waals surface area contributed by atoms with Crippen LogP contribution in [0.3, 0.4) is 0 Å². The van der Waals surface area contributed by atoms with Crippen molar-refractivity contribution in [1.82, 2.24) is 0 Å². The third-order valence-electron chi connectivity index (χ3n) is 3.78. The van der Waals surface area contributed by atoms with Crippen molar-refractivity contribution in [2.24, 2.45) is 0 Å². The lowest BCUT2D eigenvalue weighted by Crippen LogP contribution is -2.38. The van der Waals surface area contributed by atoms with Crippen LogP contribution < -0.4 is 0 Å². The normalized spacial score (nSPS) is 25.8. The van der Waals surface area contributed by atoms with Crippen LogP contribution in [0.25, 0.3) is 0 Å². The highest BCUT2D eigenvalue weighted by atomic mass is 35.5. The van der Waals surface area contributed by atoms with Crippen molar-refractivity contribution >= 4 is 17.4 Å². The smallest absolute Gasteiger partial charge is 0.143 e. The summed E-state index contributed by atoms with van der Waals surface area (Å²) in [5.41, 5.74) is 0.722. The maximum absolute atomic E-state index is 12.2. The topological polar surface area (TPSA) is 17.1 Å². The number of ketones is 1. The van der Waals surface area contributed by atoms with Gasteiger partial charge in [-0.15, -0.1) is 0 Å². The molecule has 0 saturated heterocycles. The number of hydrogen-bond donors (Lipinski definition) is 0. The molecule has 1 aromatic rings. The van der Waals surface area contributed by atoms with E-state index in [1.807, 2.05) is 24.3 Å². The van der Waals surface area contributed by atoms with Crippen molar-refractivity contribution in [2.45, 2.75) is 44.4 Å². The standard InChI is InChI=1S/C14H17ClO/c1-2-14(10-6-5-9-13(14)16)11-7-3-4-8-12(11)15/h3-4,7-8H,2,5-6,9-10H2,1H3/t14-/m1/s1. The van der Waals surface area contributed by atoms with E-state index in [0.29, 0.717) is 12.2 Å². The minimum absolute atomic E-state index is 0.309. The second-order valence-electron chi connectivity index (χ2n) is 4.55. The van der Waals surface area contributed by atoms with E-state index in [0.717, 1.165) is 36.3 Å². The van der Waals surface area contributed by atoms with E-state index in [2.05, 4.69) is 6.92 Å². The van der Waals surface area contributed by atoms with E-state index in [1.54, 1.807) is 0 Å². The first kappa shape index (κ1) is 11.7. The molecule has 0 spiro atoms. The van der Waals surface area contributed by atoms with Gasteiger partial charge in [0.25, 0.3) is 0 Å². The summed E-state index contributed by atoms with van der Waals surface area (Å²) in [6, 6.07) is 7.79. The van der Waals surface area contributed by atoms with Crippen molar-refractivity contribution < 1.29 is 4.79 Å². The molecular formula is C14H17ClO. The molecule has 1 aromatic carbocycles. The zero-order valence-corrected chi connectivity index (χ0v) is 10.4. The van der Waals surface area contributed by atoms with Crippen LogP contribution >= 0.6 is 11.6 Å². The number of hydrogen-bond acceptors (Lipinski definition) is 1. The largest absolute Gasteiger partial charge is 0.299 e. The van der Waals surface area contributed by atoms with Gasteiger partial charge in [0.15, 0.2) is 0 Å². The predicted octanol–water partition coefficient (Wildman–Crippen LogP) is 4.13. The van der Waals surface area contributed by atoms with Crippen LogP contribution in [0.2, 0.25) is 5.02 Å². The maximum atomic E-state index is 12.2. The van der Waals surface area contributed by atoms with Crippen molar-refractivity contribution in [1.29, 1.82) is 0 Å². The van der Waals surface area contributed by atoms with Crippen LogP contribution in [0.15, 0.2) is 24.3 Å². The average Bonchev–Trinajstić information content (AvgIpc) is 2.31. The van der Waals surface area contributed by atoms with Crippen LogP contribution in [-0.2, 0) is 10.2 Å². The van der Waals surface area contributed by atoms with Gasteiger partial charge in [-0.3, -0.25) is 4.79 Å². The molecule has 0 N–H and O–H groups in total. The second-order valence-corrected chi connectivity index (χ2v) is 4.95. The van der Waals surface area contributed by atoms with E-state index in [1.165, 1.54) is 0 Å². The van der Waals surface area contributed by atoms with Crippen molar-refractivity contribution in [2.75, 3.05) is 0 Å². The Hall–Kier alpha value is -0.820. The number of Topliss-reactive ketones (excluding diaryl/α,β-unsaturated/α-hetero) is 1. The zero-order chi connectivity index (χ0) is 11.6. The van der Waals surface area contributed by atoms with Gasteiger partial charge >= 0.3 is 0 Å². The molecule has 1 aliphatic carbocycles. The van der Waals surface area contributed by atoms with Gasteiger partial charge < -0.3 is 0 Å². The lowest BCUT2D eigenvalue weighted by Gasteiger charge is -2.36. The molecule has 2 rings (SSSR count). The fourth-order valence-electron chi connectivity index (χ4n) is 2.79. The molecule has 16 heavy (non-hydrogen) atoms. The van der Waals surface area contributed by atoms with Crippen LogP contribution in [0, 0.1) is 0 Å². The van der Waals surface area contributed by atoms with E-state index in [9.17, 15) is 4.79 Å². The van der Waals surface area contributed by atoms with Crippen molar-refractivity contribution in [3.05, 3.63) is 34.9 Å². The Balaban J connectivity index is 2.48. The van der Waals surface area contributed by atoms with Crippen molar-refractivity contribution in [3.63, 3.8) is 0 Å². The SMILES string of the molecule is CC[C@]1(c2ccccc2Cl)CCCCC1=O. The molecule has 1 fully saturated rings. The van der Waals surface area contributed by atoms with Gasteiger partial charge in [0.2, 0.25) is 0 Å². The van der Waals surface area contributed by atoms with Gasteiger partial charge in [0.1, 0.15) is 5.78 Å². The van der Waals surface area contributed by atoms with Gasteiger partial charge in [-0.25, -0.2) is 0 Å². The monoisotopic (exact) mass is 236 g/mol. The van der Waals surface area contributed by atoms with Gasteiger partial charge in [-0.1, -0.05) is 43.1 Å². The number of rotatable bonds is 2. The molecule has 0 heterocycles. The Kier molecular flexibility index (Phi) is 3.34. The van der Waals surface area contributed by atoms with E-state index < -0.39 is 0 Å². The third kappa shape index (κ3) is 1.78. The molecule has 1 aliphatic rings. The van der Waals surface area contributed by atoms with Gasteiger partial charge in [-0.2, -0.15) is 0 Å². The first-order valence-corrected chi connectivity index (χ1v) is 6.37. The first-order valence-electron chi connectivity index (χ1n) is 5.99. The number of carbonyl (C=O) groups is 1. The average molecular weight is 237 g/mol. The molecule has 0 amide bonds. The molecule has 1 atom stereocenters. The maximum Gasteiger partial charge on any atom is 0.143 e. The molecule has 0 bridgehead atoms. The van der Waals surface area contributed by atoms with Gasteiger partial charge in [-0.05, 0) is 30.9 Å². The summed E-state index contributed by atoms with van der Waals surface area (Å²) in [6.07, 6.45) is 4.68. The zero-order valence-electron chi connectivity index (χ0n) is 9.63. The Morgan fingerprint density at radius 1 is 1.31 bits per heavy atom. The Labute approximate surface area is 102 Å². The molecule has 1 saturated carbocycles. The second kappa shape index (κ2) is 4.58. The molecule has 0 unspecified atom stereocenters. The highest BCUT2D eigenvalue weighted by Crippen LogP contribution is 2.42. The van der Waals surface area contributed by atoms with E-state index in [4.69, 9.17) is 11.6 Å². The molecule has 2 heteroatoms. The molecule has 0 aliphatic heterocycles. The number of benzene rings is 1. The molecule has 0 radical (unpaired) electrons. The summed E-state index contributed by atoms with van der Waals surface area (Å²) in [4.78, 5) is 12.2. The fraction of sp³-hybridized carbons (Fsp3) is 0.500.